The number of carbonyl (C=O) groups excluding carboxylic acids is 1. The van der Waals surface area contributed by atoms with E-state index in [4.69, 9.17) is 17.3 Å². The number of nitrogen functional groups attached to an aromatic ring is 1. The van der Waals surface area contributed by atoms with E-state index in [-0.39, 0.29) is 5.91 Å². The van der Waals surface area contributed by atoms with Gasteiger partial charge in [0.1, 0.15) is 5.82 Å². The van der Waals surface area contributed by atoms with E-state index in [9.17, 15) is 4.79 Å². The topological polar surface area (TPSA) is 71.2 Å². The number of carbonyl (C=O) groups is 1. The lowest BCUT2D eigenvalue weighted by atomic mass is 9.94. The molecule has 0 radical (unpaired) electrons. The SMILES string of the molecule is Cc1cccc(Cl)c1-c1cc(C(=O)NCC2CN(C)C2)c2cc(N)ncc2c1. The first-order valence-corrected chi connectivity index (χ1v) is 9.71. The summed E-state index contributed by atoms with van der Waals surface area (Å²) in [4.78, 5) is 19.5. The lowest BCUT2D eigenvalue weighted by Crippen LogP contribution is -2.49. The number of rotatable bonds is 4. The first-order valence-electron chi connectivity index (χ1n) is 9.34. The second-order valence-electron chi connectivity index (χ2n) is 7.58. The van der Waals surface area contributed by atoms with Crippen molar-refractivity contribution in [1.29, 1.82) is 0 Å². The Morgan fingerprint density at radius 2 is 2.11 bits per heavy atom. The van der Waals surface area contributed by atoms with Crippen molar-refractivity contribution in [1.82, 2.24) is 15.2 Å². The van der Waals surface area contributed by atoms with Crippen molar-refractivity contribution in [3.05, 3.63) is 58.7 Å². The molecule has 1 aliphatic rings. The Kier molecular flexibility index (Phi) is 4.96. The number of benzene rings is 2. The summed E-state index contributed by atoms with van der Waals surface area (Å²) < 4.78 is 0. The molecule has 1 fully saturated rings. The van der Waals surface area contributed by atoms with Gasteiger partial charge < -0.3 is 16.0 Å². The maximum Gasteiger partial charge on any atom is 0.251 e. The lowest BCUT2D eigenvalue weighted by molar-refractivity contribution is 0.0899. The summed E-state index contributed by atoms with van der Waals surface area (Å²) in [6, 6.07) is 11.5. The number of anilines is 1. The lowest BCUT2D eigenvalue weighted by Gasteiger charge is -2.36. The van der Waals surface area contributed by atoms with E-state index in [1.165, 1.54) is 0 Å². The van der Waals surface area contributed by atoms with Crippen LogP contribution in [-0.2, 0) is 0 Å². The zero-order valence-corrected chi connectivity index (χ0v) is 16.8. The van der Waals surface area contributed by atoms with Crippen molar-refractivity contribution in [3.8, 4) is 11.1 Å². The number of aromatic nitrogens is 1. The highest BCUT2D eigenvalue weighted by Gasteiger charge is 2.24. The third-order valence-corrected chi connectivity index (χ3v) is 5.62. The molecule has 3 aromatic rings. The number of nitrogens with one attached hydrogen (secondary N) is 1. The highest BCUT2D eigenvalue weighted by Crippen LogP contribution is 2.34. The van der Waals surface area contributed by atoms with Crippen molar-refractivity contribution in [2.45, 2.75) is 6.92 Å². The van der Waals surface area contributed by atoms with Gasteiger partial charge in [0.05, 0.1) is 0 Å². The largest absolute Gasteiger partial charge is 0.384 e. The Labute approximate surface area is 169 Å². The Balaban J connectivity index is 1.77. The summed E-state index contributed by atoms with van der Waals surface area (Å²) in [5.41, 5.74) is 9.36. The molecular weight excluding hydrogens is 372 g/mol. The predicted octanol–water partition coefficient (Wildman–Crippen LogP) is 3.74. The summed E-state index contributed by atoms with van der Waals surface area (Å²) in [7, 11) is 2.08. The van der Waals surface area contributed by atoms with Gasteiger partial charge >= 0.3 is 0 Å². The van der Waals surface area contributed by atoms with E-state index in [1.54, 1.807) is 12.3 Å². The highest BCUT2D eigenvalue weighted by molar-refractivity contribution is 6.33. The van der Waals surface area contributed by atoms with Crippen LogP contribution in [0.2, 0.25) is 5.02 Å². The van der Waals surface area contributed by atoms with Crippen LogP contribution in [0, 0.1) is 12.8 Å². The molecule has 1 aliphatic heterocycles. The van der Waals surface area contributed by atoms with Crippen LogP contribution < -0.4 is 11.1 Å². The zero-order valence-electron chi connectivity index (χ0n) is 16.0. The minimum absolute atomic E-state index is 0.100. The smallest absolute Gasteiger partial charge is 0.251 e. The Hall–Kier alpha value is -2.63. The third kappa shape index (κ3) is 3.55. The molecule has 1 aromatic heterocycles. The van der Waals surface area contributed by atoms with Gasteiger partial charge in [-0.15, -0.1) is 0 Å². The number of fused-ring (bicyclic) bond motifs is 1. The highest BCUT2D eigenvalue weighted by atomic mass is 35.5. The van der Waals surface area contributed by atoms with Crippen molar-refractivity contribution >= 4 is 34.1 Å². The zero-order chi connectivity index (χ0) is 19.8. The standard InChI is InChI=1S/C22H23ClN4O/c1-13-4-3-5-19(23)21(13)15-6-16-10-25-20(24)8-17(16)18(7-15)22(28)26-9-14-11-27(2)12-14/h3-8,10,14H,9,11-12H2,1-2H3,(H2,24,25)(H,26,28). The minimum Gasteiger partial charge on any atom is -0.384 e. The molecule has 0 aliphatic carbocycles. The van der Waals surface area contributed by atoms with Crippen molar-refractivity contribution in [2.24, 2.45) is 5.92 Å². The van der Waals surface area contributed by atoms with Crippen LogP contribution in [-0.4, -0.2) is 42.5 Å². The number of hydrogen-bond acceptors (Lipinski definition) is 4. The number of likely N-dealkylation sites (tertiary alicyclic amines) is 1. The number of hydrogen-bond donors (Lipinski definition) is 2. The summed E-state index contributed by atoms with van der Waals surface area (Å²) in [6.07, 6.45) is 1.71. The van der Waals surface area contributed by atoms with Crippen LogP contribution in [0.4, 0.5) is 5.82 Å². The Morgan fingerprint density at radius 1 is 1.32 bits per heavy atom. The predicted molar refractivity (Wildman–Crippen MR) is 115 cm³/mol. The van der Waals surface area contributed by atoms with E-state index in [0.717, 1.165) is 40.6 Å². The van der Waals surface area contributed by atoms with E-state index < -0.39 is 0 Å². The molecule has 0 saturated carbocycles. The Bertz CT molecular complexity index is 1040. The number of amides is 1. The van der Waals surface area contributed by atoms with Crippen molar-refractivity contribution in [2.75, 3.05) is 32.4 Å². The first kappa shape index (κ1) is 18.7. The van der Waals surface area contributed by atoms with E-state index >= 15 is 0 Å². The molecule has 4 rings (SSSR count). The van der Waals surface area contributed by atoms with Crippen LogP contribution in [0.3, 0.4) is 0 Å². The van der Waals surface area contributed by atoms with Gasteiger partial charge in [0.25, 0.3) is 5.91 Å². The van der Waals surface area contributed by atoms with Crippen molar-refractivity contribution < 1.29 is 4.79 Å². The van der Waals surface area contributed by atoms with Gasteiger partial charge in [0, 0.05) is 53.3 Å². The van der Waals surface area contributed by atoms with Gasteiger partial charge in [-0.1, -0.05) is 23.7 Å². The summed E-state index contributed by atoms with van der Waals surface area (Å²) in [5, 5.41) is 5.40. The molecule has 0 atom stereocenters. The maximum absolute atomic E-state index is 13.0. The van der Waals surface area contributed by atoms with Crippen LogP contribution in [0.15, 0.2) is 42.6 Å². The van der Waals surface area contributed by atoms with Crippen LogP contribution in [0.25, 0.3) is 21.9 Å². The second-order valence-corrected chi connectivity index (χ2v) is 7.99. The van der Waals surface area contributed by atoms with Gasteiger partial charge in [-0.2, -0.15) is 0 Å². The fourth-order valence-corrected chi connectivity index (χ4v) is 4.22. The molecule has 5 nitrogen and oxygen atoms in total. The molecule has 0 bridgehead atoms. The van der Waals surface area contributed by atoms with Crippen LogP contribution >= 0.6 is 11.6 Å². The average Bonchev–Trinajstić information content (AvgIpc) is 2.63. The normalized spacial score (nSPS) is 14.8. The van der Waals surface area contributed by atoms with Gasteiger partial charge in [-0.25, -0.2) is 4.98 Å². The molecule has 144 valence electrons. The van der Waals surface area contributed by atoms with E-state index in [1.807, 2.05) is 37.3 Å². The quantitative estimate of drug-likeness (QED) is 0.707. The second kappa shape index (κ2) is 7.41. The number of pyridine rings is 1. The Morgan fingerprint density at radius 3 is 2.82 bits per heavy atom. The number of nitrogens with zero attached hydrogens (tertiary/aromatic N) is 2. The number of nitrogens with two attached hydrogens (primary N) is 1. The van der Waals surface area contributed by atoms with Gasteiger partial charge in [-0.05, 0) is 54.8 Å². The molecule has 2 heterocycles. The molecule has 0 spiro atoms. The van der Waals surface area contributed by atoms with Crippen LogP contribution in [0.1, 0.15) is 15.9 Å². The van der Waals surface area contributed by atoms with Gasteiger partial charge in [-0.3, -0.25) is 4.79 Å². The van der Waals surface area contributed by atoms with Crippen molar-refractivity contribution in [3.63, 3.8) is 0 Å². The fraction of sp³-hybridized carbons (Fsp3) is 0.273. The summed E-state index contributed by atoms with van der Waals surface area (Å²) in [5.74, 6) is 0.793. The van der Waals surface area contributed by atoms with E-state index in [0.29, 0.717) is 28.9 Å². The maximum atomic E-state index is 13.0. The monoisotopic (exact) mass is 394 g/mol. The summed E-state index contributed by atoms with van der Waals surface area (Å²) in [6.45, 7) is 4.70. The number of halogens is 1. The summed E-state index contributed by atoms with van der Waals surface area (Å²) >= 11 is 6.47. The molecule has 3 N–H and O–H groups in total. The molecular formula is C22H23ClN4O. The molecule has 28 heavy (non-hydrogen) atoms. The molecule has 2 aromatic carbocycles. The molecule has 6 heteroatoms. The van der Waals surface area contributed by atoms with Gasteiger partial charge in [0.15, 0.2) is 0 Å². The minimum atomic E-state index is -0.100. The van der Waals surface area contributed by atoms with Gasteiger partial charge in [0.2, 0.25) is 0 Å². The molecule has 0 unspecified atom stereocenters. The number of aryl methyl sites for hydroxylation is 1. The third-order valence-electron chi connectivity index (χ3n) is 5.30. The van der Waals surface area contributed by atoms with Crippen LogP contribution in [0.5, 0.6) is 0 Å². The fourth-order valence-electron chi connectivity index (χ4n) is 3.89. The molecule has 1 saturated heterocycles. The first-order chi connectivity index (χ1) is 13.4. The molecule has 1 amide bonds. The van der Waals surface area contributed by atoms with E-state index in [2.05, 4.69) is 22.2 Å². The average molecular weight is 395 g/mol.